The van der Waals surface area contributed by atoms with Gasteiger partial charge in [0.05, 0.1) is 46.7 Å². The zero-order valence-corrected chi connectivity index (χ0v) is 33.7. The van der Waals surface area contributed by atoms with Gasteiger partial charge in [-0.3, -0.25) is 14.2 Å². The third kappa shape index (κ3) is 10.7. The van der Waals surface area contributed by atoms with Gasteiger partial charge in [-0.15, -0.1) is 11.8 Å². The first-order chi connectivity index (χ1) is 26.2. The van der Waals surface area contributed by atoms with Crippen molar-refractivity contribution in [3.8, 4) is 11.5 Å². The van der Waals surface area contributed by atoms with Crippen molar-refractivity contribution >= 4 is 66.7 Å². The number of sulfonamides is 2. The second kappa shape index (κ2) is 18.1. The minimum Gasteiger partial charge on any atom is -0.489 e. The van der Waals surface area contributed by atoms with E-state index < -0.39 is 44.1 Å². The van der Waals surface area contributed by atoms with E-state index in [1.165, 1.54) is 59.2 Å². The predicted octanol–water partition coefficient (Wildman–Crippen LogP) is 5.47. The number of anilines is 1. The zero-order valence-electron chi connectivity index (χ0n) is 29.7. The van der Waals surface area contributed by atoms with Crippen LogP contribution in [-0.2, 0) is 40.7 Å². The minimum atomic E-state index is -4.28. The maximum absolute atomic E-state index is 14.0. The van der Waals surface area contributed by atoms with Gasteiger partial charge < -0.3 is 18.9 Å². The lowest BCUT2D eigenvalue weighted by Gasteiger charge is -2.30. The average Bonchev–Trinajstić information content (AvgIpc) is 3.83. The van der Waals surface area contributed by atoms with E-state index in [1.807, 2.05) is 0 Å². The van der Waals surface area contributed by atoms with Crippen LogP contribution < -0.4 is 13.8 Å². The Bertz CT molecular complexity index is 2020. The highest BCUT2D eigenvalue weighted by Gasteiger charge is 2.42. The molecule has 55 heavy (non-hydrogen) atoms. The van der Waals surface area contributed by atoms with Gasteiger partial charge in [0.2, 0.25) is 20.0 Å². The van der Waals surface area contributed by atoms with Crippen LogP contribution in [0.3, 0.4) is 0 Å². The number of hydrogen-bond acceptors (Lipinski definition) is 12. The van der Waals surface area contributed by atoms with Crippen molar-refractivity contribution in [1.82, 2.24) is 14.2 Å². The van der Waals surface area contributed by atoms with Gasteiger partial charge in [-0.1, -0.05) is 29.3 Å². The van der Waals surface area contributed by atoms with Crippen molar-refractivity contribution in [2.45, 2.75) is 42.2 Å². The minimum absolute atomic E-state index is 0.00493. The largest absolute Gasteiger partial charge is 0.489 e. The summed E-state index contributed by atoms with van der Waals surface area (Å²) in [5, 5.41) is -0.909. The predicted molar refractivity (Wildman–Crippen MR) is 204 cm³/mol. The zero-order chi connectivity index (χ0) is 39.3. The van der Waals surface area contributed by atoms with E-state index in [0.29, 0.717) is 49.7 Å². The first-order valence-electron chi connectivity index (χ1n) is 17.4. The van der Waals surface area contributed by atoms with E-state index in [9.17, 15) is 30.4 Å². The number of aromatic nitrogens is 1. The highest BCUT2D eigenvalue weighted by molar-refractivity contribution is 8.02. The number of ether oxygens (including phenoxy) is 4. The van der Waals surface area contributed by atoms with E-state index in [0.717, 1.165) is 35.2 Å². The molecule has 3 aromatic rings. The summed E-state index contributed by atoms with van der Waals surface area (Å²) in [6, 6.07) is 9.65. The Morgan fingerprint density at radius 2 is 1.71 bits per heavy atom. The standard InChI is InChI=1S/C35H40Cl2F2N4O9S3/c1-54(45,46)42(11-10-41-12-15-49-16-13-41)25-5-7-26(8-6-25)55(47,48)43-14-17-53-33(43)34(44)51-31(19-27-28(36)20-40-21-29(27)37)24-4-9-30(52-35(38)39)32(18-24)50-22-23-2-3-23/h4-9,18,20-21,23,31,33,35H,2-3,10-17,19,22H2,1H3. The number of esters is 1. The molecule has 0 amide bonds. The molecule has 1 aromatic heterocycles. The summed E-state index contributed by atoms with van der Waals surface area (Å²) >= 11 is 14.0. The Kier molecular flexibility index (Phi) is 13.7. The van der Waals surface area contributed by atoms with Gasteiger partial charge in [0.15, 0.2) is 16.9 Å². The number of carbonyl (C=O) groups excluding carboxylic acids is 1. The van der Waals surface area contributed by atoms with Crippen molar-refractivity contribution in [3.05, 3.63) is 76.0 Å². The lowest BCUT2D eigenvalue weighted by Crippen LogP contribution is -2.43. The summed E-state index contributed by atoms with van der Waals surface area (Å²) in [5.41, 5.74) is 1.02. The van der Waals surface area contributed by atoms with Gasteiger partial charge in [-0.25, -0.2) is 21.6 Å². The number of benzene rings is 2. The van der Waals surface area contributed by atoms with Crippen LogP contribution in [-0.4, -0.2) is 114 Å². The molecule has 0 N–H and O–H groups in total. The molecule has 2 unspecified atom stereocenters. The van der Waals surface area contributed by atoms with Gasteiger partial charge in [0, 0.05) is 57.3 Å². The van der Waals surface area contributed by atoms with Crippen molar-refractivity contribution in [3.63, 3.8) is 0 Å². The summed E-state index contributed by atoms with van der Waals surface area (Å²) in [5.74, 6) is -0.485. The first kappa shape index (κ1) is 41.7. The quantitative estimate of drug-likeness (QED) is 0.159. The first-order valence-corrected chi connectivity index (χ1v) is 22.5. The number of carbonyl (C=O) groups is 1. The molecular formula is C35H40Cl2F2N4O9S3. The second-order valence-corrected chi connectivity index (χ2v) is 19.0. The fourth-order valence-corrected chi connectivity index (χ4v) is 10.6. The number of alkyl halides is 2. The van der Waals surface area contributed by atoms with Gasteiger partial charge in [0.1, 0.15) is 6.10 Å². The summed E-state index contributed by atoms with van der Waals surface area (Å²) < 4.78 is 104. The number of morpholine rings is 1. The molecule has 3 fully saturated rings. The van der Waals surface area contributed by atoms with E-state index in [2.05, 4.69) is 14.6 Å². The SMILES string of the molecule is CS(=O)(=O)N(CCN1CCOCC1)c1ccc(S(=O)(=O)N2CCSC2C(=O)OC(Cc2c(Cl)cncc2Cl)c2ccc(OC(F)F)c(OCC3CC3)c2)cc1. The summed E-state index contributed by atoms with van der Waals surface area (Å²) in [4.78, 5) is 19.9. The number of hydrogen-bond donors (Lipinski definition) is 0. The normalized spacial score (nSPS) is 19.0. The van der Waals surface area contributed by atoms with Crippen molar-refractivity contribution in [1.29, 1.82) is 0 Å². The molecule has 2 saturated heterocycles. The Balaban J connectivity index is 1.23. The lowest BCUT2D eigenvalue weighted by molar-refractivity contribution is -0.150. The van der Waals surface area contributed by atoms with Crippen LogP contribution in [0.5, 0.6) is 11.5 Å². The van der Waals surface area contributed by atoms with Crippen molar-refractivity contribution in [2.75, 3.05) is 68.9 Å². The fourth-order valence-electron chi connectivity index (χ4n) is 6.12. The summed E-state index contributed by atoms with van der Waals surface area (Å²) in [6.45, 7) is 0.268. The summed E-state index contributed by atoms with van der Waals surface area (Å²) in [7, 11) is -7.98. The molecule has 3 aliphatic rings. The van der Waals surface area contributed by atoms with Gasteiger partial charge in [0.25, 0.3) is 0 Å². The third-order valence-electron chi connectivity index (χ3n) is 9.23. The highest BCUT2D eigenvalue weighted by atomic mass is 35.5. The van der Waals surface area contributed by atoms with E-state index in [4.69, 9.17) is 37.4 Å². The van der Waals surface area contributed by atoms with E-state index in [-0.39, 0.29) is 64.2 Å². The van der Waals surface area contributed by atoms with Crippen LogP contribution in [0, 0.1) is 5.92 Å². The number of pyridine rings is 1. The topological polar surface area (TPSA) is 145 Å². The monoisotopic (exact) mass is 864 g/mol. The molecule has 13 nitrogen and oxygen atoms in total. The molecular weight excluding hydrogens is 826 g/mol. The Morgan fingerprint density at radius 3 is 2.35 bits per heavy atom. The Morgan fingerprint density at radius 1 is 1.02 bits per heavy atom. The van der Waals surface area contributed by atoms with E-state index >= 15 is 0 Å². The Labute approximate surface area is 333 Å². The lowest BCUT2D eigenvalue weighted by atomic mass is 10.0. The Hall–Kier alpha value is -2.97. The molecule has 0 spiro atoms. The maximum Gasteiger partial charge on any atom is 0.387 e. The molecule has 2 atom stereocenters. The second-order valence-electron chi connectivity index (χ2n) is 13.2. The van der Waals surface area contributed by atoms with Crippen LogP contribution >= 0.6 is 35.0 Å². The molecule has 0 radical (unpaired) electrons. The van der Waals surface area contributed by atoms with Crippen LogP contribution in [0.25, 0.3) is 0 Å². The van der Waals surface area contributed by atoms with Crippen LogP contribution in [0.15, 0.2) is 59.8 Å². The molecule has 300 valence electrons. The van der Waals surface area contributed by atoms with Gasteiger partial charge in [-0.2, -0.15) is 13.1 Å². The van der Waals surface area contributed by atoms with Crippen LogP contribution in [0.2, 0.25) is 10.0 Å². The van der Waals surface area contributed by atoms with Crippen LogP contribution in [0.4, 0.5) is 14.5 Å². The summed E-state index contributed by atoms with van der Waals surface area (Å²) in [6.07, 6.45) is 4.53. The average molecular weight is 866 g/mol. The van der Waals surface area contributed by atoms with Gasteiger partial charge in [-0.05, 0) is 66.3 Å². The number of rotatable bonds is 17. The fraction of sp³-hybridized carbons (Fsp3) is 0.486. The smallest absolute Gasteiger partial charge is 0.387 e. The number of halogens is 4. The maximum atomic E-state index is 14.0. The molecule has 2 aromatic carbocycles. The molecule has 3 heterocycles. The van der Waals surface area contributed by atoms with Crippen molar-refractivity contribution < 1.29 is 49.4 Å². The van der Waals surface area contributed by atoms with E-state index in [1.54, 1.807) is 0 Å². The molecule has 1 saturated carbocycles. The van der Waals surface area contributed by atoms with Crippen molar-refractivity contribution in [2.24, 2.45) is 5.92 Å². The molecule has 0 bridgehead atoms. The third-order valence-corrected chi connectivity index (χ3v) is 14.3. The highest BCUT2D eigenvalue weighted by Crippen LogP contribution is 2.39. The number of thioether (sulfide) groups is 1. The molecule has 6 rings (SSSR count). The van der Waals surface area contributed by atoms with Crippen LogP contribution in [0.1, 0.15) is 30.1 Å². The number of nitrogens with zero attached hydrogens (tertiary/aromatic N) is 4. The molecule has 1 aliphatic carbocycles. The molecule has 20 heteroatoms. The van der Waals surface area contributed by atoms with Gasteiger partial charge >= 0.3 is 12.6 Å². The molecule has 2 aliphatic heterocycles.